The van der Waals surface area contributed by atoms with E-state index in [9.17, 15) is 9.90 Å². The fraction of sp³-hybridized carbons (Fsp3) is 0. The number of fused-ring (bicyclic) bond motifs is 1. The molecule has 0 bridgehead atoms. The molecule has 1 aromatic heterocycles. The van der Waals surface area contributed by atoms with Crippen molar-refractivity contribution in [2.75, 3.05) is 0 Å². The van der Waals surface area contributed by atoms with Gasteiger partial charge in [0.1, 0.15) is 11.6 Å². The molecule has 3 rings (SSSR count). The van der Waals surface area contributed by atoms with Crippen LogP contribution in [0.4, 0.5) is 0 Å². The van der Waals surface area contributed by atoms with Gasteiger partial charge in [0.15, 0.2) is 6.29 Å². The molecule has 0 aliphatic rings. The average molecular weight is 238 g/mol. The lowest BCUT2D eigenvalue weighted by atomic mass is 10.0. The summed E-state index contributed by atoms with van der Waals surface area (Å²) in [6.45, 7) is 0. The van der Waals surface area contributed by atoms with Crippen LogP contribution in [0.1, 0.15) is 10.5 Å². The Bertz CT molecular complexity index is 731. The Hall–Kier alpha value is -2.62. The van der Waals surface area contributed by atoms with Crippen molar-refractivity contribution in [3.05, 3.63) is 48.3 Å². The first kappa shape index (κ1) is 10.5. The van der Waals surface area contributed by atoms with Gasteiger partial charge < -0.3 is 10.1 Å². The first-order chi connectivity index (χ1) is 8.79. The van der Waals surface area contributed by atoms with Crippen LogP contribution in [0.25, 0.3) is 22.2 Å². The smallest absolute Gasteiger partial charge is 0.167 e. The number of H-pyrrole nitrogens is 1. The highest BCUT2D eigenvalue weighted by atomic mass is 16.3. The van der Waals surface area contributed by atoms with Gasteiger partial charge in [-0.05, 0) is 16.8 Å². The number of aromatic amines is 1. The maximum absolute atomic E-state index is 10.7. The number of aromatic hydroxyl groups is 1. The lowest BCUT2D eigenvalue weighted by Gasteiger charge is -2.06. The van der Waals surface area contributed by atoms with Crippen LogP contribution in [-0.2, 0) is 0 Å². The molecule has 0 saturated carbocycles. The number of phenols is 1. The Morgan fingerprint density at radius 2 is 2.00 bits per heavy atom. The zero-order valence-corrected chi connectivity index (χ0v) is 9.42. The molecule has 2 N–H and O–H groups in total. The Balaban J connectivity index is 2.33. The Morgan fingerprint density at radius 1 is 1.17 bits per heavy atom. The van der Waals surface area contributed by atoms with Crippen molar-refractivity contribution in [2.24, 2.45) is 0 Å². The number of nitrogens with zero attached hydrogens (tertiary/aromatic N) is 1. The summed E-state index contributed by atoms with van der Waals surface area (Å²) in [6.07, 6.45) is 2.14. The first-order valence-electron chi connectivity index (χ1n) is 5.51. The van der Waals surface area contributed by atoms with E-state index < -0.39 is 0 Å². The molecule has 1 heterocycles. The normalized spacial score (nSPS) is 10.7. The number of aldehydes is 1. The molecule has 0 unspecified atom stereocenters. The van der Waals surface area contributed by atoms with Gasteiger partial charge in [0.2, 0.25) is 0 Å². The molecule has 0 spiro atoms. The molecule has 0 aliphatic carbocycles. The van der Waals surface area contributed by atoms with Crippen LogP contribution in [0.2, 0.25) is 0 Å². The quantitative estimate of drug-likeness (QED) is 0.674. The van der Waals surface area contributed by atoms with Crippen LogP contribution in [0.5, 0.6) is 5.75 Å². The van der Waals surface area contributed by atoms with Crippen molar-refractivity contribution in [3.8, 4) is 17.1 Å². The Morgan fingerprint density at radius 3 is 2.78 bits per heavy atom. The standard InChI is InChI=1S/C14H10N2O2/c17-8-10-7-15-14(16-10)13-11-4-2-1-3-9(11)5-6-12(13)18/h1-8,18H,(H,15,16). The molecule has 0 radical (unpaired) electrons. The van der Waals surface area contributed by atoms with Crippen molar-refractivity contribution < 1.29 is 9.90 Å². The van der Waals surface area contributed by atoms with Gasteiger partial charge in [-0.1, -0.05) is 30.3 Å². The summed E-state index contributed by atoms with van der Waals surface area (Å²) in [4.78, 5) is 17.7. The van der Waals surface area contributed by atoms with Crippen molar-refractivity contribution >= 4 is 17.1 Å². The van der Waals surface area contributed by atoms with E-state index >= 15 is 0 Å². The summed E-state index contributed by atoms with van der Waals surface area (Å²) in [5.74, 6) is 0.631. The monoisotopic (exact) mass is 238 g/mol. The number of carbonyl (C=O) groups excluding carboxylic acids is 1. The highest BCUT2D eigenvalue weighted by Gasteiger charge is 2.12. The number of hydrogen-bond donors (Lipinski definition) is 2. The highest BCUT2D eigenvalue weighted by molar-refractivity contribution is 5.98. The van der Waals surface area contributed by atoms with Crippen LogP contribution >= 0.6 is 0 Å². The first-order valence-corrected chi connectivity index (χ1v) is 5.51. The van der Waals surface area contributed by atoms with Crippen molar-refractivity contribution in [3.63, 3.8) is 0 Å². The molecule has 0 fully saturated rings. The number of carbonyl (C=O) groups is 1. The van der Waals surface area contributed by atoms with Gasteiger partial charge in [-0.25, -0.2) is 4.98 Å². The molecule has 4 heteroatoms. The van der Waals surface area contributed by atoms with Crippen molar-refractivity contribution in [1.29, 1.82) is 0 Å². The van der Waals surface area contributed by atoms with Gasteiger partial charge in [-0.3, -0.25) is 4.79 Å². The van der Waals surface area contributed by atoms with Crippen LogP contribution in [0.3, 0.4) is 0 Å². The number of benzene rings is 2. The topological polar surface area (TPSA) is 66.0 Å². The second kappa shape index (κ2) is 4.00. The van der Waals surface area contributed by atoms with Gasteiger partial charge in [0, 0.05) is 0 Å². The van der Waals surface area contributed by atoms with Crippen LogP contribution in [0.15, 0.2) is 42.6 Å². The second-order valence-corrected chi connectivity index (χ2v) is 3.99. The SMILES string of the molecule is O=Cc1cnc(-c2c(O)ccc3ccccc23)[nH]1. The summed E-state index contributed by atoms with van der Waals surface area (Å²) >= 11 is 0. The molecule has 0 aliphatic heterocycles. The van der Waals surface area contributed by atoms with E-state index in [2.05, 4.69) is 9.97 Å². The molecule has 3 aromatic rings. The van der Waals surface area contributed by atoms with Crippen LogP contribution < -0.4 is 0 Å². The number of rotatable bonds is 2. The molecule has 18 heavy (non-hydrogen) atoms. The number of nitrogens with one attached hydrogen (secondary N) is 1. The lowest BCUT2D eigenvalue weighted by molar-refractivity contribution is 0.111. The summed E-state index contributed by atoms with van der Waals surface area (Å²) in [5.41, 5.74) is 0.999. The minimum atomic E-state index is 0.139. The minimum Gasteiger partial charge on any atom is -0.507 e. The van der Waals surface area contributed by atoms with E-state index in [1.807, 2.05) is 30.3 Å². The number of aromatic nitrogens is 2. The summed E-state index contributed by atoms with van der Waals surface area (Å²) in [6, 6.07) is 11.2. The van der Waals surface area contributed by atoms with Crippen LogP contribution in [-0.4, -0.2) is 21.4 Å². The summed E-state index contributed by atoms with van der Waals surface area (Å²) in [7, 11) is 0. The Kier molecular flexibility index (Phi) is 2.34. The largest absolute Gasteiger partial charge is 0.507 e. The number of imidazole rings is 1. The van der Waals surface area contributed by atoms with E-state index in [1.54, 1.807) is 6.07 Å². The third-order valence-corrected chi connectivity index (χ3v) is 2.87. The van der Waals surface area contributed by atoms with Gasteiger partial charge in [-0.2, -0.15) is 0 Å². The van der Waals surface area contributed by atoms with E-state index in [1.165, 1.54) is 6.20 Å². The van der Waals surface area contributed by atoms with Gasteiger partial charge in [0.25, 0.3) is 0 Å². The molecule has 0 amide bonds. The zero-order chi connectivity index (χ0) is 12.5. The minimum absolute atomic E-state index is 0.139. The van der Waals surface area contributed by atoms with Crippen molar-refractivity contribution in [1.82, 2.24) is 9.97 Å². The van der Waals surface area contributed by atoms with Gasteiger partial charge >= 0.3 is 0 Å². The van der Waals surface area contributed by atoms with Gasteiger partial charge in [0.05, 0.1) is 17.5 Å². The second-order valence-electron chi connectivity index (χ2n) is 3.99. The molecular weight excluding hydrogens is 228 g/mol. The number of hydrogen-bond acceptors (Lipinski definition) is 3. The van der Waals surface area contributed by atoms with Crippen LogP contribution in [0, 0.1) is 0 Å². The lowest BCUT2D eigenvalue weighted by Crippen LogP contribution is -1.86. The molecular formula is C14H10N2O2. The molecule has 4 nitrogen and oxygen atoms in total. The van der Waals surface area contributed by atoms with E-state index in [-0.39, 0.29) is 5.75 Å². The fourth-order valence-electron chi connectivity index (χ4n) is 2.03. The maximum atomic E-state index is 10.7. The van der Waals surface area contributed by atoms with E-state index in [4.69, 9.17) is 0 Å². The molecule has 88 valence electrons. The van der Waals surface area contributed by atoms with Gasteiger partial charge in [-0.15, -0.1) is 0 Å². The summed E-state index contributed by atoms with van der Waals surface area (Å²) < 4.78 is 0. The molecule has 0 atom stereocenters. The maximum Gasteiger partial charge on any atom is 0.167 e. The molecule has 2 aromatic carbocycles. The summed E-state index contributed by atoms with van der Waals surface area (Å²) in [5, 5.41) is 11.9. The average Bonchev–Trinajstić information content (AvgIpc) is 2.87. The van der Waals surface area contributed by atoms with E-state index in [0.29, 0.717) is 23.4 Å². The van der Waals surface area contributed by atoms with E-state index in [0.717, 1.165) is 10.8 Å². The third kappa shape index (κ3) is 1.55. The number of phenolic OH excluding ortho intramolecular Hbond substituents is 1. The molecule has 0 saturated heterocycles. The Labute approximate surface area is 103 Å². The fourth-order valence-corrected chi connectivity index (χ4v) is 2.03. The predicted octanol–water partition coefficient (Wildman–Crippen LogP) is 2.75. The third-order valence-electron chi connectivity index (χ3n) is 2.87. The van der Waals surface area contributed by atoms with Crippen molar-refractivity contribution in [2.45, 2.75) is 0 Å². The highest BCUT2D eigenvalue weighted by Crippen LogP contribution is 2.34. The predicted molar refractivity (Wildman–Crippen MR) is 68.6 cm³/mol. The zero-order valence-electron chi connectivity index (χ0n) is 9.42.